The number of benzene rings is 1. The lowest BCUT2D eigenvalue weighted by Crippen LogP contribution is -2.48. The molecule has 1 rings (SSSR count). The van der Waals surface area contributed by atoms with Gasteiger partial charge >= 0.3 is 0 Å². The molecule has 0 amide bonds. The second kappa shape index (κ2) is 5.85. The monoisotopic (exact) mass is 269 g/mol. The van der Waals surface area contributed by atoms with Gasteiger partial charge in [-0.05, 0) is 38.7 Å². The number of aryl methyl sites for hydroxylation is 1. The van der Waals surface area contributed by atoms with E-state index in [9.17, 15) is 8.42 Å². The normalized spacial score (nSPS) is 14.4. The highest BCUT2D eigenvalue weighted by Crippen LogP contribution is 2.22. The molecule has 4 heteroatoms. The molecule has 0 spiro atoms. The van der Waals surface area contributed by atoms with E-state index in [1.807, 2.05) is 18.2 Å². The first-order valence-electron chi connectivity index (χ1n) is 6.24. The van der Waals surface area contributed by atoms with Crippen LogP contribution in [0.15, 0.2) is 30.3 Å². The van der Waals surface area contributed by atoms with Gasteiger partial charge in [-0.3, -0.25) is 0 Å². The first kappa shape index (κ1) is 15.2. The van der Waals surface area contributed by atoms with Crippen molar-refractivity contribution in [3.63, 3.8) is 0 Å². The fourth-order valence-corrected chi connectivity index (χ4v) is 2.46. The van der Waals surface area contributed by atoms with E-state index in [-0.39, 0.29) is 6.04 Å². The van der Waals surface area contributed by atoms with Crippen LogP contribution < -0.4 is 5.73 Å². The number of nitrogens with two attached hydrogens (primary N) is 1. The molecule has 0 bridgehead atoms. The summed E-state index contributed by atoms with van der Waals surface area (Å²) in [4.78, 5) is 0. The minimum atomic E-state index is -3.12. The van der Waals surface area contributed by atoms with Gasteiger partial charge in [-0.15, -0.1) is 0 Å². The molecule has 0 aliphatic rings. The summed E-state index contributed by atoms with van der Waals surface area (Å²) < 4.78 is 22.4. The Balaban J connectivity index is 2.50. The molecular formula is C14H23NO2S. The standard InChI is InChI=1S/C14H23NO2S/c1-14(2,18(3,16)17)13(15)11-7-10-12-8-5-4-6-9-12/h4-6,8-9,13H,7,10-11,15H2,1-3H3. The largest absolute Gasteiger partial charge is 0.326 e. The lowest BCUT2D eigenvalue weighted by molar-refractivity contribution is 0.453. The Labute approximate surface area is 110 Å². The topological polar surface area (TPSA) is 60.2 Å². The smallest absolute Gasteiger partial charge is 0.154 e. The highest BCUT2D eigenvalue weighted by Gasteiger charge is 2.36. The molecule has 0 aliphatic heterocycles. The van der Waals surface area contributed by atoms with E-state index >= 15 is 0 Å². The zero-order valence-electron chi connectivity index (χ0n) is 11.4. The summed E-state index contributed by atoms with van der Waals surface area (Å²) in [5.41, 5.74) is 7.29. The zero-order valence-corrected chi connectivity index (χ0v) is 12.2. The van der Waals surface area contributed by atoms with Gasteiger partial charge in [0, 0.05) is 12.3 Å². The van der Waals surface area contributed by atoms with Gasteiger partial charge < -0.3 is 5.73 Å². The fourth-order valence-electron chi connectivity index (χ4n) is 1.79. The van der Waals surface area contributed by atoms with Crippen LogP contribution in [0.2, 0.25) is 0 Å². The van der Waals surface area contributed by atoms with Crippen LogP contribution in [0.25, 0.3) is 0 Å². The van der Waals surface area contributed by atoms with Crippen LogP contribution in [0, 0.1) is 0 Å². The summed E-state index contributed by atoms with van der Waals surface area (Å²) in [7, 11) is -3.12. The van der Waals surface area contributed by atoms with Crippen molar-refractivity contribution in [1.82, 2.24) is 0 Å². The Morgan fingerprint density at radius 2 is 1.78 bits per heavy atom. The molecule has 3 nitrogen and oxygen atoms in total. The average Bonchev–Trinajstić information content (AvgIpc) is 2.28. The minimum absolute atomic E-state index is 0.323. The molecule has 2 N–H and O–H groups in total. The van der Waals surface area contributed by atoms with E-state index in [0.29, 0.717) is 0 Å². The molecule has 0 aliphatic carbocycles. The Kier molecular flexibility index (Phi) is 4.93. The van der Waals surface area contributed by atoms with E-state index < -0.39 is 14.6 Å². The number of hydrogen-bond acceptors (Lipinski definition) is 3. The molecule has 0 saturated carbocycles. The molecule has 0 fully saturated rings. The lowest BCUT2D eigenvalue weighted by Gasteiger charge is -2.29. The fraction of sp³-hybridized carbons (Fsp3) is 0.571. The van der Waals surface area contributed by atoms with Crippen molar-refractivity contribution >= 4 is 9.84 Å². The van der Waals surface area contributed by atoms with Crippen LogP contribution in [0.1, 0.15) is 32.3 Å². The zero-order chi connectivity index (χ0) is 13.8. The van der Waals surface area contributed by atoms with Crippen molar-refractivity contribution in [3.8, 4) is 0 Å². The Hall–Kier alpha value is -0.870. The number of sulfone groups is 1. The van der Waals surface area contributed by atoms with E-state index in [1.165, 1.54) is 11.8 Å². The molecule has 1 aromatic carbocycles. The quantitative estimate of drug-likeness (QED) is 0.861. The van der Waals surface area contributed by atoms with E-state index in [4.69, 9.17) is 5.73 Å². The highest BCUT2D eigenvalue weighted by atomic mass is 32.2. The first-order valence-corrected chi connectivity index (χ1v) is 8.13. The third kappa shape index (κ3) is 3.82. The molecular weight excluding hydrogens is 246 g/mol. The van der Waals surface area contributed by atoms with E-state index in [2.05, 4.69) is 12.1 Å². The van der Waals surface area contributed by atoms with Gasteiger partial charge in [0.1, 0.15) is 0 Å². The van der Waals surface area contributed by atoms with Crippen LogP contribution in [0.4, 0.5) is 0 Å². The third-order valence-corrected chi connectivity index (χ3v) is 5.89. The summed E-state index contributed by atoms with van der Waals surface area (Å²) in [5.74, 6) is 0. The molecule has 102 valence electrons. The maximum Gasteiger partial charge on any atom is 0.154 e. The Morgan fingerprint density at radius 3 is 2.28 bits per heavy atom. The van der Waals surface area contributed by atoms with Gasteiger partial charge in [0.05, 0.1) is 4.75 Å². The molecule has 18 heavy (non-hydrogen) atoms. The predicted octanol–water partition coefficient (Wildman–Crippen LogP) is 2.16. The third-order valence-electron chi connectivity index (χ3n) is 3.67. The predicted molar refractivity (Wildman–Crippen MR) is 76.3 cm³/mol. The average molecular weight is 269 g/mol. The molecule has 0 saturated heterocycles. The van der Waals surface area contributed by atoms with Gasteiger partial charge in [0.25, 0.3) is 0 Å². The van der Waals surface area contributed by atoms with Crippen molar-refractivity contribution in [1.29, 1.82) is 0 Å². The van der Waals surface area contributed by atoms with Crippen LogP contribution in [0.5, 0.6) is 0 Å². The molecule has 0 radical (unpaired) electrons. The first-order chi connectivity index (χ1) is 8.25. The summed E-state index contributed by atoms with van der Waals surface area (Å²) in [6, 6.07) is 9.84. The summed E-state index contributed by atoms with van der Waals surface area (Å²) >= 11 is 0. The van der Waals surface area contributed by atoms with Crippen molar-refractivity contribution in [3.05, 3.63) is 35.9 Å². The molecule has 0 heterocycles. The van der Waals surface area contributed by atoms with Crippen LogP contribution in [-0.4, -0.2) is 25.5 Å². The highest BCUT2D eigenvalue weighted by molar-refractivity contribution is 7.92. The van der Waals surface area contributed by atoms with Crippen molar-refractivity contribution in [2.45, 2.75) is 43.9 Å². The minimum Gasteiger partial charge on any atom is -0.326 e. The van der Waals surface area contributed by atoms with E-state index in [0.717, 1.165) is 19.3 Å². The van der Waals surface area contributed by atoms with E-state index in [1.54, 1.807) is 13.8 Å². The van der Waals surface area contributed by atoms with Gasteiger partial charge in [-0.25, -0.2) is 8.42 Å². The summed E-state index contributed by atoms with van der Waals surface area (Å²) in [6.45, 7) is 3.41. The van der Waals surface area contributed by atoms with Gasteiger partial charge in [0.15, 0.2) is 9.84 Å². The molecule has 1 atom stereocenters. The van der Waals surface area contributed by atoms with Crippen molar-refractivity contribution < 1.29 is 8.42 Å². The van der Waals surface area contributed by atoms with Crippen molar-refractivity contribution in [2.24, 2.45) is 5.73 Å². The Bertz CT molecular complexity index is 466. The Morgan fingerprint density at radius 1 is 1.22 bits per heavy atom. The molecule has 1 unspecified atom stereocenters. The van der Waals surface area contributed by atoms with Gasteiger partial charge in [-0.1, -0.05) is 30.3 Å². The van der Waals surface area contributed by atoms with Crippen LogP contribution in [-0.2, 0) is 16.3 Å². The maximum atomic E-state index is 11.6. The van der Waals surface area contributed by atoms with Crippen molar-refractivity contribution in [2.75, 3.05) is 6.26 Å². The number of hydrogen-bond donors (Lipinski definition) is 1. The number of rotatable bonds is 6. The van der Waals surface area contributed by atoms with Gasteiger partial charge in [-0.2, -0.15) is 0 Å². The lowest BCUT2D eigenvalue weighted by atomic mass is 9.97. The second-order valence-electron chi connectivity index (χ2n) is 5.36. The van der Waals surface area contributed by atoms with Crippen LogP contribution >= 0.6 is 0 Å². The molecule has 0 aromatic heterocycles. The summed E-state index contributed by atoms with van der Waals surface area (Å²) in [6.07, 6.45) is 3.82. The molecule has 1 aromatic rings. The second-order valence-corrected chi connectivity index (χ2v) is 7.96. The SMILES string of the molecule is CC(C)(C(N)CCCc1ccccc1)S(C)(=O)=O. The summed E-state index contributed by atoms with van der Waals surface area (Å²) in [5, 5.41) is 0. The van der Waals surface area contributed by atoms with Crippen LogP contribution in [0.3, 0.4) is 0 Å². The maximum absolute atomic E-state index is 11.6. The van der Waals surface area contributed by atoms with Gasteiger partial charge in [0.2, 0.25) is 0 Å².